The van der Waals surface area contributed by atoms with Crippen LogP contribution < -0.4 is 0 Å². The molecule has 0 radical (unpaired) electrons. The van der Waals surface area contributed by atoms with E-state index in [1.54, 1.807) is 28.6 Å². The van der Waals surface area contributed by atoms with Gasteiger partial charge in [-0.15, -0.1) is 0 Å². The van der Waals surface area contributed by atoms with Crippen molar-refractivity contribution in [1.82, 2.24) is 9.21 Å². The van der Waals surface area contributed by atoms with E-state index in [0.717, 1.165) is 38.0 Å². The normalized spacial score (nSPS) is 15.9. The second-order valence-electron chi connectivity index (χ2n) is 7.95. The minimum Gasteiger partial charge on any atom is -0.299 e. The Morgan fingerprint density at radius 3 is 2.06 bits per heavy atom. The summed E-state index contributed by atoms with van der Waals surface area (Å²) < 4.78 is 28.8. The van der Waals surface area contributed by atoms with E-state index in [1.165, 1.54) is 5.56 Å². The summed E-state index contributed by atoms with van der Waals surface area (Å²) in [5.74, 6) is 0. The van der Waals surface area contributed by atoms with Gasteiger partial charge in [-0.25, -0.2) is 8.42 Å². The van der Waals surface area contributed by atoms with Crippen LogP contribution in [-0.2, 0) is 23.1 Å². The lowest BCUT2D eigenvalue weighted by Crippen LogP contribution is -2.46. The van der Waals surface area contributed by atoms with Crippen molar-refractivity contribution in [2.75, 3.05) is 13.1 Å². The summed E-state index contributed by atoms with van der Waals surface area (Å²) in [6.07, 6.45) is 1.59. The van der Waals surface area contributed by atoms with Crippen LogP contribution >= 0.6 is 11.6 Å². The Labute approximate surface area is 190 Å². The van der Waals surface area contributed by atoms with Gasteiger partial charge in [-0.1, -0.05) is 78.3 Å². The van der Waals surface area contributed by atoms with Gasteiger partial charge in [0, 0.05) is 37.2 Å². The van der Waals surface area contributed by atoms with Crippen molar-refractivity contribution in [1.29, 1.82) is 0 Å². The predicted molar refractivity (Wildman–Crippen MR) is 125 cm³/mol. The molecule has 1 aliphatic heterocycles. The van der Waals surface area contributed by atoms with Crippen LogP contribution in [0.5, 0.6) is 0 Å². The van der Waals surface area contributed by atoms with Gasteiger partial charge in [0.25, 0.3) is 0 Å². The lowest BCUT2D eigenvalue weighted by molar-refractivity contribution is 0.150. The average Bonchev–Trinajstić information content (AvgIpc) is 2.80. The number of halogens is 1. The van der Waals surface area contributed by atoms with Crippen LogP contribution in [0.1, 0.15) is 24.0 Å². The summed E-state index contributed by atoms with van der Waals surface area (Å²) in [5, 5.41) is 0.595. The van der Waals surface area contributed by atoms with Crippen molar-refractivity contribution in [3.8, 4) is 0 Å². The lowest BCUT2D eigenvalue weighted by atomic mass is 10.0. The molecule has 6 heteroatoms. The fourth-order valence-electron chi connectivity index (χ4n) is 4.14. The van der Waals surface area contributed by atoms with Gasteiger partial charge in [-0.3, -0.25) is 4.90 Å². The molecule has 31 heavy (non-hydrogen) atoms. The molecule has 1 heterocycles. The van der Waals surface area contributed by atoms with Crippen LogP contribution in [0.4, 0.5) is 0 Å². The fraction of sp³-hybridized carbons (Fsp3) is 0.280. The maximum absolute atomic E-state index is 13.6. The van der Waals surface area contributed by atoms with E-state index in [9.17, 15) is 8.42 Å². The molecule has 4 rings (SSSR count). The number of sulfonamides is 1. The number of hydrogen-bond acceptors (Lipinski definition) is 3. The van der Waals surface area contributed by atoms with Crippen molar-refractivity contribution in [2.45, 2.75) is 36.9 Å². The Morgan fingerprint density at radius 2 is 1.42 bits per heavy atom. The maximum Gasteiger partial charge on any atom is 0.243 e. The first kappa shape index (κ1) is 22.0. The van der Waals surface area contributed by atoms with Crippen molar-refractivity contribution < 1.29 is 8.42 Å². The highest BCUT2D eigenvalue weighted by Crippen LogP contribution is 2.29. The summed E-state index contributed by atoms with van der Waals surface area (Å²) in [6.45, 7) is 2.90. The topological polar surface area (TPSA) is 40.6 Å². The van der Waals surface area contributed by atoms with Crippen LogP contribution in [0.15, 0.2) is 89.8 Å². The van der Waals surface area contributed by atoms with Gasteiger partial charge in [0.2, 0.25) is 10.0 Å². The molecule has 0 aromatic heterocycles. The second-order valence-corrected chi connectivity index (χ2v) is 10.2. The Morgan fingerprint density at radius 1 is 0.839 bits per heavy atom. The molecule has 3 aromatic carbocycles. The minimum atomic E-state index is -3.64. The second kappa shape index (κ2) is 9.96. The first-order chi connectivity index (χ1) is 15.0. The van der Waals surface area contributed by atoms with Crippen molar-refractivity contribution in [3.63, 3.8) is 0 Å². The van der Waals surface area contributed by atoms with E-state index < -0.39 is 10.0 Å². The van der Waals surface area contributed by atoms with E-state index in [1.807, 2.05) is 36.4 Å². The summed E-state index contributed by atoms with van der Waals surface area (Å²) >= 11 is 6.39. The zero-order chi connectivity index (χ0) is 21.7. The molecule has 1 fully saturated rings. The Balaban J connectivity index is 1.54. The molecule has 0 unspecified atom stereocenters. The molecule has 0 bridgehead atoms. The van der Waals surface area contributed by atoms with Crippen LogP contribution in [0.25, 0.3) is 0 Å². The standard InChI is InChI=1S/C25H27ClN2O2S/c26-25-14-8-7-11-22(25)20-28(31(29,30)24-12-5-2-6-13-24)23-15-17-27(18-16-23)19-21-9-3-1-4-10-21/h1-14,23H,15-20H2. The Hall–Kier alpha value is -2.18. The number of likely N-dealkylation sites (tertiary alicyclic amines) is 1. The molecule has 162 valence electrons. The molecule has 0 saturated carbocycles. The summed E-state index contributed by atoms with van der Waals surface area (Å²) in [7, 11) is -3.64. The number of benzene rings is 3. The van der Waals surface area contributed by atoms with Gasteiger partial charge in [0.15, 0.2) is 0 Å². The molecule has 0 atom stereocenters. The Kier molecular flexibility index (Phi) is 7.08. The largest absolute Gasteiger partial charge is 0.299 e. The van der Waals surface area contributed by atoms with Crippen molar-refractivity contribution >= 4 is 21.6 Å². The molecule has 1 aliphatic rings. The van der Waals surface area contributed by atoms with Gasteiger partial charge in [0.05, 0.1) is 4.90 Å². The molecule has 4 nitrogen and oxygen atoms in total. The Bertz CT molecular complexity index is 1080. The fourth-order valence-corrected chi connectivity index (χ4v) is 6.02. The number of piperidine rings is 1. The molecule has 0 spiro atoms. The number of rotatable bonds is 7. The minimum absolute atomic E-state index is 0.0616. The highest BCUT2D eigenvalue weighted by atomic mass is 35.5. The smallest absolute Gasteiger partial charge is 0.243 e. The van der Waals surface area contributed by atoms with E-state index >= 15 is 0 Å². The molecular formula is C25H27ClN2O2S. The first-order valence-corrected chi connectivity index (χ1v) is 12.4. The van der Waals surface area contributed by atoms with Crippen LogP contribution in [0.2, 0.25) is 5.02 Å². The molecule has 1 saturated heterocycles. The van der Waals surface area contributed by atoms with Crippen molar-refractivity contribution in [3.05, 3.63) is 101 Å². The average molecular weight is 455 g/mol. The first-order valence-electron chi connectivity index (χ1n) is 10.6. The van der Waals surface area contributed by atoms with Crippen molar-refractivity contribution in [2.24, 2.45) is 0 Å². The zero-order valence-corrected chi connectivity index (χ0v) is 19.0. The third kappa shape index (κ3) is 5.36. The highest BCUT2D eigenvalue weighted by Gasteiger charge is 2.34. The molecule has 0 amide bonds. The zero-order valence-electron chi connectivity index (χ0n) is 17.4. The number of hydrogen-bond donors (Lipinski definition) is 0. The SMILES string of the molecule is O=S(=O)(c1ccccc1)N(Cc1ccccc1Cl)C1CCN(Cc2ccccc2)CC1. The van der Waals surface area contributed by atoms with Gasteiger partial charge in [0.1, 0.15) is 0 Å². The number of nitrogens with zero attached hydrogens (tertiary/aromatic N) is 2. The van der Waals surface area contributed by atoms with Crippen LogP contribution in [0.3, 0.4) is 0 Å². The van der Waals surface area contributed by atoms with E-state index in [-0.39, 0.29) is 12.6 Å². The van der Waals surface area contributed by atoms with E-state index in [4.69, 9.17) is 11.6 Å². The van der Waals surface area contributed by atoms with Gasteiger partial charge >= 0.3 is 0 Å². The molecule has 0 N–H and O–H groups in total. The third-order valence-electron chi connectivity index (χ3n) is 5.85. The molecular weight excluding hydrogens is 428 g/mol. The highest BCUT2D eigenvalue weighted by molar-refractivity contribution is 7.89. The lowest BCUT2D eigenvalue weighted by Gasteiger charge is -2.38. The predicted octanol–water partition coefficient (Wildman–Crippen LogP) is 5.20. The summed E-state index contributed by atoms with van der Waals surface area (Å²) in [6, 6.07) is 26.5. The molecule has 0 aliphatic carbocycles. The van der Waals surface area contributed by atoms with E-state index in [2.05, 4.69) is 29.2 Å². The quantitative estimate of drug-likeness (QED) is 0.493. The third-order valence-corrected chi connectivity index (χ3v) is 8.13. The van der Waals surface area contributed by atoms with Gasteiger partial charge < -0.3 is 0 Å². The maximum atomic E-state index is 13.6. The summed E-state index contributed by atoms with van der Waals surface area (Å²) in [5.41, 5.74) is 2.11. The van der Waals surface area contributed by atoms with Crippen LogP contribution in [0, 0.1) is 0 Å². The van der Waals surface area contributed by atoms with Gasteiger partial charge in [-0.2, -0.15) is 4.31 Å². The van der Waals surface area contributed by atoms with Gasteiger partial charge in [-0.05, 0) is 42.2 Å². The van der Waals surface area contributed by atoms with E-state index in [0.29, 0.717) is 9.92 Å². The van der Waals surface area contributed by atoms with Crippen LogP contribution in [-0.4, -0.2) is 36.8 Å². The molecule has 3 aromatic rings. The monoisotopic (exact) mass is 454 g/mol. The summed E-state index contributed by atoms with van der Waals surface area (Å²) in [4.78, 5) is 2.73.